The van der Waals surface area contributed by atoms with Gasteiger partial charge in [0.2, 0.25) is 0 Å². The molecule has 16 rings (SSSR count). The van der Waals surface area contributed by atoms with E-state index in [1.165, 1.54) is 27.4 Å². The van der Waals surface area contributed by atoms with Crippen LogP contribution in [0.5, 0.6) is 5.75 Å². The second-order valence-corrected chi connectivity index (χ2v) is 45.9. The predicted octanol–water partition coefficient (Wildman–Crippen LogP) is 38.0. The van der Waals surface area contributed by atoms with E-state index in [0.29, 0.717) is 24.5 Å². The van der Waals surface area contributed by atoms with Crippen molar-refractivity contribution in [1.82, 2.24) is 57.7 Å². The van der Waals surface area contributed by atoms with Gasteiger partial charge in [-0.05, 0) is 246 Å². The zero-order chi connectivity index (χ0) is 112. The fourth-order valence-electron chi connectivity index (χ4n) is 9.90. The van der Waals surface area contributed by atoms with E-state index in [1.54, 1.807) is 33.8 Å². The number of nitrogens with zero attached hydrogens (tertiary/aromatic N) is 11. The Hall–Kier alpha value is -10.6. The van der Waals surface area contributed by atoms with Gasteiger partial charge in [-0.25, -0.2) is 9.78 Å². The highest BCUT2D eigenvalue weighted by Gasteiger charge is 2.27. The number of ether oxygens (including phenoxy) is 1. The smallest absolute Gasteiger partial charge is 0.328 e. The van der Waals surface area contributed by atoms with E-state index >= 15 is 0 Å². The van der Waals surface area contributed by atoms with Crippen LogP contribution in [0.1, 0.15) is 396 Å². The van der Waals surface area contributed by atoms with Gasteiger partial charge < -0.3 is 28.3 Å². The van der Waals surface area contributed by atoms with E-state index in [1.807, 2.05) is 235 Å². The third kappa shape index (κ3) is 86.8. The monoisotopic (exact) mass is 1990 g/mol. The molecule has 2 amide bonds. The van der Waals surface area contributed by atoms with Gasteiger partial charge in [0.25, 0.3) is 11.5 Å². The van der Waals surface area contributed by atoms with Crippen LogP contribution in [0.15, 0.2) is 261 Å². The molecule has 3 aliphatic heterocycles. The topological polar surface area (TPSA) is 156 Å². The first-order valence-electron chi connectivity index (χ1n) is 53.9. The number of hydrogen-bond acceptors (Lipinski definition) is 8. The summed E-state index contributed by atoms with van der Waals surface area (Å²) < 4.78 is 16.8. The average Bonchev–Trinajstić information content (AvgIpc) is 1.63. The number of para-hydroxylation sites is 2. The van der Waals surface area contributed by atoms with Crippen LogP contribution in [0, 0.1) is 76.9 Å². The molecule has 0 spiro atoms. The highest BCUT2D eigenvalue weighted by atomic mass is 16.5. The highest BCUT2D eigenvalue weighted by Crippen LogP contribution is 2.24. The number of carbonyl (C=O) groups excluding carboxylic acids is 2. The zero-order valence-corrected chi connectivity index (χ0v) is 101. The molecule has 3 aliphatic rings. The minimum Gasteiger partial charge on any atom is -0.493 e. The van der Waals surface area contributed by atoms with Crippen molar-refractivity contribution in [2.45, 2.75) is 389 Å². The lowest BCUT2D eigenvalue weighted by Crippen LogP contribution is -2.32. The Morgan fingerprint density at radius 3 is 1.19 bits per heavy atom. The van der Waals surface area contributed by atoms with E-state index < -0.39 is 0 Å². The normalized spacial score (nSPS) is 11.0. The Bertz CT molecular complexity index is 4760. The van der Waals surface area contributed by atoms with Gasteiger partial charge in [-0.15, -0.1) is 0 Å². The standard InChI is InChI=1S/C11H17NO.2C10H12N2.C9H12N2O.C8H7NO.C8H7N.C8H8O.C7H6N2.C5H5N.13C4H10/c1-8(2)10-5-6-12(9(3)4)11(13)7-10;1-8(2)12-7-9-5-3-4-6-10(9)11-12;1-8(2)12-10-6-4-3-5-9(10)7-11-12;1-7(2)11-6-8-4-3-5-10(8)9(11)12;10-8-7-4-2-1-3-6(7)5-9-8;1-2-6-9-7-3-5-8(9)4-1;1-2-4-8-7(3-1)5-6-9-8;1-2-5-9-6-4-8-7(9)3-1;1-2-4-6-5-3-1;13*1-4(2)3/h5-9H,1-4H3;2*3-8H,1-2H3;3-5,7H,6H2,1-2H3;1-4H,5H2,(H,9,10);1-7H;1-4H,5-6H2;1-6H;1-5H;13*4H,1-3H3. The SMILES string of the molecule is CC(C)C.CC(C)C.CC(C)C.CC(C)C.CC(C)C.CC(C)C.CC(C)C.CC(C)C.CC(C)C.CC(C)C.CC(C)C.CC(C)C.CC(C)C.CC(C)N1Cc2cccn2C1=O.CC(C)c1ccn(C(C)C)c(=O)c1.CC(C)n1cc2ccccc2n1.CC(C)n1ncc2ccccc21.O=C1NCc2ccccc21.c1ccc2c(c1)CCO2.c1ccn2cccc2c1.c1ccn2ccnc2c1.c1ccncc1. The fourth-order valence-corrected chi connectivity index (χ4v) is 9.90. The van der Waals surface area contributed by atoms with Gasteiger partial charge in [0, 0.05) is 133 Å². The molecular weight excluding hydrogens is 1770 g/mol. The molecule has 16 nitrogen and oxygen atoms in total. The van der Waals surface area contributed by atoms with Crippen molar-refractivity contribution in [2.24, 2.45) is 76.9 Å². The first-order chi connectivity index (χ1) is 67.1. The van der Waals surface area contributed by atoms with Crippen LogP contribution in [-0.2, 0) is 19.5 Å². The number of aromatic nitrogens is 10. The predicted molar refractivity (Wildman–Crippen MR) is 638 cm³/mol. The number of amides is 2. The van der Waals surface area contributed by atoms with Gasteiger partial charge in [-0.3, -0.25) is 28.5 Å². The summed E-state index contributed by atoms with van der Waals surface area (Å²) in [5.74, 6) is 12.4. The maximum Gasteiger partial charge on any atom is 0.328 e. The fraction of sp³-hybridized carbons (Fsp3) is 0.555. The highest BCUT2D eigenvalue weighted by molar-refractivity contribution is 5.98. The molecule has 0 saturated heterocycles. The molecule has 13 aromatic rings. The molecule has 812 valence electrons. The third-order valence-corrected chi connectivity index (χ3v) is 15.0. The molecule has 0 atom stereocenters. The lowest BCUT2D eigenvalue weighted by atomic mass is 10.1. The number of fused-ring (bicyclic) bond motifs is 7. The van der Waals surface area contributed by atoms with Gasteiger partial charge in [0.05, 0.1) is 30.4 Å². The molecule has 0 unspecified atom stereocenters. The molecule has 16 heteroatoms. The number of hydrogen-bond donors (Lipinski definition) is 1. The van der Waals surface area contributed by atoms with Gasteiger partial charge in [-0.2, -0.15) is 10.2 Å². The number of benzene rings is 4. The molecule has 144 heavy (non-hydrogen) atoms. The molecule has 0 radical (unpaired) electrons. The van der Waals surface area contributed by atoms with Crippen LogP contribution in [0.25, 0.3) is 33.0 Å². The number of pyridine rings is 4. The average molecular weight is 1990 g/mol. The molecule has 0 aliphatic carbocycles. The Morgan fingerprint density at radius 1 is 0.354 bits per heavy atom. The lowest BCUT2D eigenvalue weighted by Gasteiger charge is -2.18. The molecule has 1 N–H and O–H groups in total. The van der Waals surface area contributed by atoms with Crippen molar-refractivity contribution in [2.75, 3.05) is 6.61 Å². The summed E-state index contributed by atoms with van der Waals surface area (Å²) in [6.07, 6.45) is 22.0. The van der Waals surface area contributed by atoms with Gasteiger partial charge in [-0.1, -0.05) is 375 Å². The number of rotatable bonds is 5. The van der Waals surface area contributed by atoms with Gasteiger partial charge >= 0.3 is 6.03 Å². The second-order valence-electron chi connectivity index (χ2n) is 45.9. The summed E-state index contributed by atoms with van der Waals surface area (Å²) in [5.41, 5.74) is 10.1. The van der Waals surface area contributed by atoms with Crippen molar-refractivity contribution in [1.29, 1.82) is 0 Å². The summed E-state index contributed by atoms with van der Waals surface area (Å²) in [7, 11) is 0. The maximum atomic E-state index is 11.6. The van der Waals surface area contributed by atoms with E-state index in [4.69, 9.17) is 4.74 Å². The van der Waals surface area contributed by atoms with Crippen LogP contribution in [0.2, 0.25) is 0 Å². The maximum absolute atomic E-state index is 11.6. The summed E-state index contributed by atoms with van der Waals surface area (Å²) in [6, 6.07) is 63.3. The summed E-state index contributed by atoms with van der Waals surface area (Å²) in [4.78, 5) is 43.8. The lowest BCUT2D eigenvalue weighted by molar-refractivity contribution is 0.0965. The summed E-state index contributed by atoms with van der Waals surface area (Å²) >= 11 is 0. The van der Waals surface area contributed by atoms with Crippen LogP contribution >= 0.6 is 0 Å². The molecule has 0 bridgehead atoms. The first kappa shape index (κ1) is 144. The van der Waals surface area contributed by atoms with Crippen molar-refractivity contribution in [3.05, 3.63) is 295 Å². The van der Waals surface area contributed by atoms with Crippen LogP contribution in [0.3, 0.4) is 0 Å². The van der Waals surface area contributed by atoms with Crippen LogP contribution < -0.4 is 15.6 Å². The van der Waals surface area contributed by atoms with E-state index in [-0.39, 0.29) is 29.6 Å². The Labute approximate surface area is 884 Å². The molecule has 12 heterocycles. The molecular formula is C128H216N12O4. The van der Waals surface area contributed by atoms with Crippen LogP contribution in [0.4, 0.5) is 4.79 Å². The van der Waals surface area contributed by atoms with E-state index in [9.17, 15) is 14.4 Å². The minimum absolute atomic E-state index is 0.0515. The summed E-state index contributed by atoms with van der Waals surface area (Å²) in [5, 5.41) is 13.9. The molecule has 0 saturated carbocycles. The van der Waals surface area contributed by atoms with Crippen molar-refractivity contribution < 1.29 is 14.3 Å². The Morgan fingerprint density at radius 2 is 0.778 bits per heavy atom. The Kier molecular flexibility index (Phi) is 87.8. The van der Waals surface area contributed by atoms with Gasteiger partial charge in [0.15, 0.2) is 0 Å². The summed E-state index contributed by atoms with van der Waals surface area (Å²) in [6.45, 7) is 108. The van der Waals surface area contributed by atoms with E-state index in [0.717, 1.165) is 136 Å². The number of nitrogens with one attached hydrogen (secondary N) is 1. The molecule has 4 aromatic carbocycles. The van der Waals surface area contributed by atoms with Gasteiger partial charge in [0.1, 0.15) is 11.4 Å². The van der Waals surface area contributed by atoms with Crippen molar-refractivity contribution in [3.8, 4) is 5.75 Å². The van der Waals surface area contributed by atoms with Crippen molar-refractivity contribution in [3.63, 3.8) is 0 Å². The molecule has 9 aromatic heterocycles. The van der Waals surface area contributed by atoms with E-state index in [2.05, 4.69) is 384 Å². The number of carbonyl (C=O) groups is 2. The third-order valence-electron chi connectivity index (χ3n) is 15.0. The number of imidazole rings is 1. The van der Waals surface area contributed by atoms with Crippen LogP contribution in [-0.4, -0.2) is 77.0 Å². The first-order valence-corrected chi connectivity index (χ1v) is 53.9. The molecule has 0 fully saturated rings. The zero-order valence-electron chi connectivity index (χ0n) is 101. The Balaban J connectivity index is -0.000000352. The largest absolute Gasteiger partial charge is 0.493 e. The second kappa shape index (κ2) is 87.7. The quantitative estimate of drug-likeness (QED) is 0.179. The van der Waals surface area contributed by atoms with Crippen molar-refractivity contribution >= 4 is 44.9 Å². The minimum atomic E-state index is 0.0515.